The van der Waals surface area contributed by atoms with Gasteiger partial charge in [-0.3, -0.25) is 10.1 Å². The van der Waals surface area contributed by atoms with Crippen LogP contribution in [0.25, 0.3) is 0 Å². The van der Waals surface area contributed by atoms with Crippen LogP contribution in [0.1, 0.15) is 26.2 Å². The Hall–Kier alpha value is -1.82. The van der Waals surface area contributed by atoms with Crippen molar-refractivity contribution in [1.29, 1.82) is 0 Å². The molecule has 1 aromatic carbocycles. The lowest BCUT2D eigenvalue weighted by Gasteiger charge is -2.43. The van der Waals surface area contributed by atoms with Crippen LogP contribution in [0.4, 0.5) is 11.4 Å². The van der Waals surface area contributed by atoms with Crippen LogP contribution in [0, 0.1) is 10.1 Å². The number of carbonyl (C=O) groups is 1. The zero-order valence-corrected chi connectivity index (χ0v) is 11.8. The Labute approximate surface area is 121 Å². The number of hydrogen-bond donors (Lipinski definition) is 1. The van der Waals surface area contributed by atoms with Crippen LogP contribution in [0.5, 0.6) is 0 Å². The number of nitrogens with zero attached hydrogens (tertiary/aromatic N) is 2. The molecule has 1 N–H and O–H groups in total. The molecule has 7 heteroatoms. The zero-order chi connectivity index (χ0) is 14.9. The summed E-state index contributed by atoms with van der Waals surface area (Å²) in [5, 5.41) is 20.4. The molecule has 108 valence electrons. The van der Waals surface area contributed by atoms with Crippen LogP contribution in [0.15, 0.2) is 18.2 Å². The highest BCUT2D eigenvalue weighted by molar-refractivity contribution is 6.33. The van der Waals surface area contributed by atoms with Crippen molar-refractivity contribution in [3.05, 3.63) is 33.3 Å². The van der Waals surface area contributed by atoms with Gasteiger partial charge in [-0.05, 0) is 32.3 Å². The maximum atomic E-state index is 11.6. The summed E-state index contributed by atoms with van der Waals surface area (Å²) < 4.78 is 0. The van der Waals surface area contributed by atoms with Crippen LogP contribution in [0.3, 0.4) is 0 Å². The van der Waals surface area contributed by atoms with Crippen molar-refractivity contribution >= 4 is 28.9 Å². The molecule has 1 aliphatic rings. The van der Waals surface area contributed by atoms with Crippen molar-refractivity contribution in [2.45, 2.75) is 31.7 Å². The fourth-order valence-electron chi connectivity index (χ4n) is 2.56. The monoisotopic (exact) mass is 298 g/mol. The van der Waals surface area contributed by atoms with Crippen LogP contribution in [0.2, 0.25) is 5.02 Å². The summed E-state index contributed by atoms with van der Waals surface area (Å²) in [6.45, 7) is 2.23. The normalized spacial score (nSPS) is 22.6. The second-order valence-electron chi connectivity index (χ2n) is 5.08. The van der Waals surface area contributed by atoms with E-state index in [9.17, 15) is 20.0 Å². The summed E-state index contributed by atoms with van der Waals surface area (Å²) >= 11 is 6.10. The molecule has 20 heavy (non-hydrogen) atoms. The van der Waals surface area contributed by atoms with Gasteiger partial charge in [0.1, 0.15) is 5.54 Å². The smallest absolute Gasteiger partial charge is 0.329 e. The number of carboxylic acids is 1. The van der Waals surface area contributed by atoms with Crippen molar-refractivity contribution < 1.29 is 14.8 Å². The number of rotatable bonds is 3. The van der Waals surface area contributed by atoms with Gasteiger partial charge in [0.25, 0.3) is 5.69 Å². The van der Waals surface area contributed by atoms with E-state index >= 15 is 0 Å². The number of anilines is 1. The van der Waals surface area contributed by atoms with Gasteiger partial charge >= 0.3 is 5.97 Å². The van der Waals surface area contributed by atoms with E-state index in [1.165, 1.54) is 18.2 Å². The van der Waals surface area contributed by atoms with Gasteiger partial charge in [-0.1, -0.05) is 11.6 Å². The van der Waals surface area contributed by atoms with E-state index in [4.69, 9.17) is 11.6 Å². The topological polar surface area (TPSA) is 83.7 Å². The lowest BCUT2D eigenvalue weighted by atomic mass is 9.88. The summed E-state index contributed by atoms with van der Waals surface area (Å²) in [5.74, 6) is -0.911. The maximum Gasteiger partial charge on any atom is 0.329 e. The summed E-state index contributed by atoms with van der Waals surface area (Å²) in [6, 6.07) is 4.12. The lowest BCUT2D eigenvalue weighted by molar-refractivity contribution is -0.384. The number of carboxylic acid groups (broad SMARTS) is 1. The molecule has 0 aromatic heterocycles. The predicted octanol–water partition coefficient (Wildman–Crippen LogP) is 3.08. The minimum Gasteiger partial charge on any atom is -0.480 e. The molecule has 0 bridgehead atoms. The van der Waals surface area contributed by atoms with E-state index < -0.39 is 16.4 Å². The molecule has 0 radical (unpaired) electrons. The molecule has 1 heterocycles. The SMILES string of the molecule is CC1(C(=O)O)CCCCN1c1ccc([N+](=O)[O-])cc1Cl. The van der Waals surface area contributed by atoms with Crippen LogP contribution in [-0.4, -0.2) is 28.1 Å². The Morgan fingerprint density at radius 2 is 2.20 bits per heavy atom. The predicted molar refractivity (Wildman–Crippen MR) is 75.3 cm³/mol. The fraction of sp³-hybridized carbons (Fsp3) is 0.462. The second-order valence-corrected chi connectivity index (χ2v) is 5.49. The molecule has 0 aliphatic carbocycles. The van der Waals surface area contributed by atoms with Gasteiger partial charge in [0.05, 0.1) is 15.6 Å². The molecule has 2 rings (SSSR count). The van der Waals surface area contributed by atoms with Crippen LogP contribution in [-0.2, 0) is 4.79 Å². The van der Waals surface area contributed by atoms with Gasteiger partial charge in [0.2, 0.25) is 0 Å². The van der Waals surface area contributed by atoms with E-state index in [2.05, 4.69) is 0 Å². The number of halogens is 1. The quantitative estimate of drug-likeness (QED) is 0.685. The standard InChI is InChI=1S/C13H15ClN2O4/c1-13(12(17)18)6-2-3-7-15(13)11-5-4-9(16(19)20)8-10(11)14/h4-5,8H,2-3,6-7H2,1H3,(H,17,18). The zero-order valence-electron chi connectivity index (χ0n) is 11.0. The van der Waals surface area contributed by atoms with Crippen LogP contribution >= 0.6 is 11.6 Å². The molecule has 0 amide bonds. The Kier molecular flexibility index (Phi) is 3.85. The molecule has 1 fully saturated rings. The Morgan fingerprint density at radius 3 is 2.75 bits per heavy atom. The number of aliphatic carboxylic acids is 1. The molecule has 1 aliphatic heterocycles. The Bertz CT molecular complexity index is 563. The van der Waals surface area contributed by atoms with Crippen molar-refractivity contribution in [2.24, 2.45) is 0 Å². The Morgan fingerprint density at radius 1 is 1.50 bits per heavy atom. The van der Waals surface area contributed by atoms with E-state index in [-0.39, 0.29) is 10.7 Å². The molecule has 1 saturated heterocycles. The van der Waals surface area contributed by atoms with Crippen molar-refractivity contribution in [2.75, 3.05) is 11.4 Å². The summed E-state index contributed by atoms with van der Waals surface area (Å²) in [5.41, 5.74) is -0.604. The molecule has 1 unspecified atom stereocenters. The van der Waals surface area contributed by atoms with Crippen molar-refractivity contribution in [3.8, 4) is 0 Å². The Balaban J connectivity index is 2.43. The number of benzene rings is 1. The first kappa shape index (κ1) is 14.6. The number of non-ortho nitro benzene ring substituents is 1. The first-order chi connectivity index (χ1) is 9.36. The minimum atomic E-state index is -1.03. The van der Waals surface area contributed by atoms with E-state index in [1.807, 2.05) is 0 Å². The number of nitro groups is 1. The van der Waals surface area contributed by atoms with Crippen LogP contribution < -0.4 is 4.90 Å². The van der Waals surface area contributed by atoms with Crippen molar-refractivity contribution in [3.63, 3.8) is 0 Å². The fourth-order valence-corrected chi connectivity index (χ4v) is 2.83. The van der Waals surface area contributed by atoms with Crippen molar-refractivity contribution in [1.82, 2.24) is 0 Å². The first-order valence-corrected chi connectivity index (χ1v) is 6.69. The molecular formula is C13H15ClN2O4. The van der Waals surface area contributed by atoms with Gasteiger partial charge in [0.15, 0.2) is 0 Å². The van der Waals surface area contributed by atoms with E-state index in [0.29, 0.717) is 18.7 Å². The molecule has 6 nitrogen and oxygen atoms in total. The molecular weight excluding hydrogens is 284 g/mol. The number of nitro benzene ring substituents is 1. The second kappa shape index (κ2) is 5.28. The minimum absolute atomic E-state index is 0.104. The third-order valence-corrected chi connectivity index (χ3v) is 4.09. The third kappa shape index (κ3) is 2.43. The van der Waals surface area contributed by atoms with Gasteiger partial charge in [-0.2, -0.15) is 0 Å². The first-order valence-electron chi connectivity index (χ1n) is 6.31. The largest absolute Gasteiger partial charge is 0.480 e. The van der Waals surface area contributed by atoms with E-state index in [1.54, 1.807) is 11.8 Å². The average molecular weight is 299 g/mol. The average Bonchev–Trinajstić information content (AvgIpc) is 2.39. The van der Waals surface area contributed by atoms with Gasteiger partial charge in [-0.15, -0.1) is 0 Å². The lowest BCUT2D eigenvalue weighted by Crippen LogP contribution is -2.55. The summed E-state index contributed by atoms with van der Waals surface area (Å²) in [4.78, 5) is 23.5. The van der Waals surface area contributed by atoms with Gasteiger partial charge < -0.3 is 10.0 Å². The highest BCUT2D eigenvalue weighted by Gasteiger charge is 2.42. The number of piperidine rings is 1. The molecule has 1 atom stereocenters. The van der Waals surface area contributed by atoms with Gasteiger partial charge in [0, 0.05) is 18.7 Å². The summed E-state index contributed by atoms with van der Waals surface area (Å²) in [7, 11) is 0. The highest BCUT2D eigenvalue weighted by atomic mass is 35.5. The molecule has 1 aromatic rings. The van der Waals surface area contributed by atoms with E-state index in [0.717, 1.165) is 12.8 Å². The molecule has 0 spiro atoms. The maximum absolute atomic E-state index is 11.6. The number of hydrogen-bond acceptors (Lipinski definition) is 4. The highest BCUT2D eigenvalue weighted by Crippen LogP contribution is 2.38. The summed E-state index contributed by atoms with van der Waals surface area (Å²) in [6.07, 6.45) is 2.23. The third-order valence-electron chi connectivity index (χ3n) is 3.78. The molecule has 0 saturated carbocycles. The van der Waals surface area contributed by atoms with Gasteiger partial charge in [-0.25, -0.2) is 4.79 Å².